The zero-order chi connectivity index (χ0) is 8.10. The van der Waals surface area contributed by atoms with Crippen LogP contribution in [0.25, 0.3) is 0 Å². The first-order valence-electron chi connectivity index (χ1n) is 3.27. The van der Waals surface area contributed by atoms with E-state index in [1.54, 1.807) is 6.08 Å². The van der Waals surface area contributed by atoms with E-state index < -0.39 is 0 Å². The molecule has 0 aromatic heterocycles. The highest BCUT2D eigenvalue weighted by atomic mass is 15.4. The summed E-state index contributed by atoms with van der Waals surface area (Å²) in [6.45, 7) is 0. The molecule has 0 unspecified atom stereocenters. The summed E-state index contributed by atoms with van der Waals surface area (Å²) in [5.41, 5.74) is 17.2. The molecule has 0 amide bonds. The minimum atomic E-state index is 0.721. The van der Waals surface area contributed by atoms with Gasteiger partial charge in [0.25, 0.3) is 0 Å². The SMILES string of the molecule is N=NNC1=CCCC(N=N)=C1. The molecule has 0 radical (unpaired) electrons. The molecule has 0 atom stereocenters. The van der Waals surface area contributed by atoms with Gasteiger partial charge in [0.15, 0.2) is 0 Å². The molecule has 58 valence electrons. The van der Waals surface area contributed by atoms with Crippen LogP contribution >= 0.6 is 0 Å². The van der Waals surface area contributed by atoms with Crippen molar-refractivity contribution >= 4 is 0 Å². The monoisotopic (exact) mass is 151 g/mol. The topological polar surface area (TPSA) is 84.5 Å². The third-order valence-electron chi connectivity index (χ3n) is 1.42. The van der Waals surface area contributed by atoms with Gasteiger partial charge in [-0.05, 0) is 18.9 Å². The van der Waals surface area contributed by atoms with Gasteiger partial charge < -0.3 is 0 Å². The van der Waals surface area contributed by atoms with Crippen LogP contribution in [-0.4, -0.2) is 0 Å². The number of nitrogens with zero attached hydrogens (tertiary/aromatic N) is 2. The minimum absolute atomic E-state index is 0.721. The van der Waals surface area contributed by atoms with Gasteiger partial charge in [0, 0.05) is 0 Å². The van der Waals surface area contributed by atoms with E-state index in [0.717, 1.165) is 24.2 Å². The van der Waals surface area contributed by atoms with Crippen molar-refractivity contribution < 1.29 is 0 Å². The Morgan fingerprint density at radius 2 is 2.27 bits per heavy atom. The Morgan fingerprint density at radius 1 is 1.45 bits per heavy atom. The van der Waals surface area contributed by atoms with Crippen LogP contribution in [-0.2, 0) is 0 Å². The number of allylic oxidation sites excluding steroid dienone is 3. The molecule has 5 nitrogen and oxygen atoms in total. The molecule has 11 heavy (non-hydrogen) atoms. The van der Waals surface area contributed by atoms with Crippen LogP contribution in [0.3, 0.4) is 0 Å². The fourth-order valence-corrected chi connectivity index (χ4v) is 0.917. The average Bonchev–Trinajstić information content (AvgIpc) is 2.06. The molecule has 0 bridgehead atoms. The lowest BCUT2D eigenvalue weighted by molar-refractivity contribution is 0.767. The fraction of sp³-hybridized carbons (Fsp3) is 0.333. The lowest BCUT2D eigenvalue weighted by Crippen LogP contribution is -2.04. The van der Waals surface area contributed by atoms with Crippen molar-refractivity contribution in [1.29, 1.82) is 11.1 Å². The zero-order valence-corrected chi connectivity index (χ0v) is 5.96. The highest BCUT2D eigenvalue weighted by molar-refractivity contribution is 5.24. The van der Waals surface area contributed by atoms with Crippen molar-refractivity contribution in [2.75, 3.05) is 0 Å². The first-order valence-corrected chi connectivity index (χ1v) is 3.27. The van der Waals surface area contributed by atoms with E-state index in [-0.39, 0.29) is 0 Å². The lowest BCUT2D eigenvalue weighted by Gasteiger charge is -2.06. The predicted octanol–water partition coefficient (Wildman–Crippen LogP) is 2.11. The second-order valence-electron chi connectivity index (χ2n) is 2.17. The molecule has 0 aromatic rings. The number of rotatable bonds is 3. The maximum absolute atomic E-state index is 6.74. The molecule has 1 aliphatic rings. The molecule has 3 N–H and O–H groups in total. The van der Waals surface area contributed by atoms with Gasteiger partial charge in [0.2, 0.25) is 0 Å². The maximum Gasteiger partial charge on any atom is 0.0647 e. The Labute approximate surface area is 64.2 Å². The van der Waals surface area contributed by atoms with Gasteiger partial charge in [0.05, 0.1) is 11.4 Å². The Bertz CT molecular complexity index is 227. The smallest absolute Gasteiger partial charge is 0.0647 e. The summed E-state index contributed by atoms with van der Waals surface area (Å²) < 4.78 is 0. The highest BCUT2D eigenvalue weighted by Crippen LogP contribution is 2.15. The molecule has 5 heteroatoms. The minimum Gasteiger partial charge on any atom is -0.261 e. The van der Waals surface area contributed by atoms with E-state index in [9.17, 15) is 0 Å². The summed E-state index contributed by atoms with van der Waals surface area (Å²) in [7, 11) is 0. The largest absolute Gasteiger partial charge is 0.261 e. The van der Waals surface area contributed by atoms with E-state index in [0.29, 0.717) is 0 Å². The van der Waals surface area contributed by atoms with Crippen molar-refractivity contribution in [3.05, 3.63) is 23.5 Å². The Kier molecular flexibility index (Phi) is 2.48. The van der Waals surface area contributed by atoms with Crippen molar-refractivity contribution in [2.24, 2.45) is 10.3 Å². The van der Waals surface area contributed by atoms with Crippen molar-refractivity contribution in [3.8, 4) is 0 Å². The summed E-state index contributed by atoms with van der Waals surface area (Å²) in [4.78, 5) is 0. The number of hydrogen-bond acceptors (Lipinski definition) is 4. The Balaban J connectivity index is 2.67. The van der Waals surface area contributed by atoms with Crippen molar-refractivity contribution in [1.82, 2.24) is 5.43 Å². The molecular weight excluding hydrogens is 142 g/mol. The fourth-order valence-electron chi connectivity index (χ4n) is 0.917. The Hall–Kier alpha value is -1.52. The Morgan fingerprint density at radius 3 is 2.91 bits per heavy atom. The van der Waals surface area contributed by atoms with Crippen LogP contribution in [0.1, 0.15) is 12.8 Å². The van der Waals surface area contributed by atoms with Crippen LogP contribution < -0.4 is 5.43 Å². The summed E-state index contributed by atoms with van der Waals surface area (Å²) in [6, 6.07) is 0. The molecule has 1 aliphatic carbocycles. The molecule has 0 heterocycles. The summed E-state index contributed by atoms with van der Waals surface area (Å²) in [6.07, 6.45) is 5.29. The van der Waals surface area contributed by atoms with Gasteiger partial charge in [-0.3, -0.25) is 5.43 Å². The number of nitrogens with one attached hydrogen (secondary N) is 3. The van der Waals surface area contributed by atoms with E-state index in [4.69, 9.17) is 11.1 Å². The van der Waals surface area contributed by atoms with Gasteiger partial charge in [-0.1, -0.05) is 11.3 Å². The van der Waals surface area contributed by atoms with Gasteiger partial charge in [-0.2, -0.15) is 10.6 Å². The van der Waals surface area contributed by atoms with Crippen molar-refractivity contribution in [3.63, 3.8) is 0 Å². The van der Waals surface area contributed by atoms with E-state index in [1.807, 2.05) is 6.08 Å². The van der Waals surface area contributed by atoms with E-state index in [2.05, 4.69) is 15.8 Å². The molecule has 0 fully saturated rings. The third-order valence-corrected chi connectivity index (χ3v) is 1.42. The molecule has 0 saturated carbocycles. The quantitative estimate of drug-likeness (QED) is 0.419. The second kappa shape index (κ2) is 3.60. The molecule has 1 rings (SSSR count). The lowest BCUT2D eigenvalue weighted by atomic mass is 10.1. The van der Waals surface area contributed by atoms with Crippen LogP contribution in [0.15, 0.2) is 33.9 Å². The number of hydrogen-bond donors (Lipinski definition) is 3. The maximum atomic E-state index is 6.74. The van der Waals surface area contributed by atoms with Crippen LogP contribution in [0.5, 0.6) is 0 Å². The first-order chi connectivity index (χ1) is 5.36. The second-order valence-corrected chi connectivity index (χ2v) is 2.17. The van der Waals surface area contributed by atoms with Crippen LogP contribution in [0.4, 0.5) is 0 Å². The third kappa shape index (κ3) is 1.96. The van der Waals surface area contributed by atoms with Gasteiger partial charge in [-0.15, -0.1) is 0 Å². The average molecular weight is 151 g/mol. The van der Waals surface area contributed by atoms with E-state index >= 15 is 0 Å². The first kappa shape index (κ1) is 7.59. The summed E-state index contributed by atoms with van der Waals surface area (Å²) in [5, 5.41) is 6.32. The normalized spacial score (nSPS) is 16.4. The van der Waals surface area contributed by atoms with Crippen LogP contribution in [0.2, 0.25) is 0 Å². The highest BCUT2D eigenvalue weighted by Gasteiger charge is 2.02. The molecule has 0 spiro atoms. The molecule has 0 aromatic carbocycles. The molecular formula is C6H9N5. The van der Waals surface area contributed by atoms with Crippen molar-refractivity contribution in [2.45, 2.75) is 12.8 Å². The zero-order valence-electron chi connectivity index (χ0n) is 5.96. The van der Waals surface area contributed by atoms with Crippen LogP contribution in [0, 0.1) is 11.1 Å². The standard InChI is InChI=1S/C6H9N5/c7-9-5-2-1-3-6(4-5)10-11-8/h3-4,7H,1-2H2,(H2,8,10). The van der Waals surface area contributed by atoms with Gasteiger partial charge >= 0.3 is 0 Å². The summed E-state index contributed by atoms with van der Waals surface area (Å²) >= 11 is 0. The van der Waals surface area contributed by atoms with Gasteiger partial charge in [-0.25, -0.2) is 5.53 Å². The predicted molar refractivity (Wildman–Crippen MR) is 38.8 cm³/mol. The molecule has 0 saturated heterocycles. The molecule has 0 aliphatic heterocycles. The van der Waals surface area contributed by atoms with E-state index in [1.165, 1.54) is 0 Å². The summed E-state index contributed by atoms with van der Waals surface area (Å²) in [5.74, 6) is 0. The van der Waals surface area contributed by atoms with Gasteiger partial charge in [0.1, 0.15) is 0 Å².